The summed E-state index contributed by atoms with van der Waals surface area (Å²) in [6.07, 6.45) is 1.50. The topological polar surface area (TPSA) is 71.3 Å². The molecule has 1 N–H and O–H groups in total. The van der Waals surface area contributed by atoms with Gasteiger partial charge in [0.15, 0.2) is 11.5 Å². The van der Waals surface area contributed by atoms with Crippen LogP contribution in [0.15, 0.2) is 50.9 Å². The van der Waals surface area contributed by atoms with Gasteiger partial charge in [-0.3, -0.25) is 4.79 Å². The maximum Gasteiger partial charge on any atom is 0.266 e. The van der Waals surface area contributed by atoms with E-state index < -0.39 is 5.91 Å². The Morgan fingerprint density at radius 3 is 2.69 bits per heavy atom. The van der Waals surface area contributed by atoms with Crippen LogP contribution in [0.25, 0.3) is 6.08 Å². The summed E-state index contributed by atoms with van der Waals surface area (Å²) in [4.78, 5) is 12.4. The lowest BCUT2D eigenvalue weighted by atomic mass is 10.1. The zero-order chi connectivity index (χ0) is 19.1. The molecule has 0 aliphatic carbocycles. The van der Waals surface area contributed by atoms with E-state index in [1.807, 2.05) is 19.1 Å². The molecule has 0 unspecified atom stereocenters. The Balaban J connectivity index is 2.32. The molecule has 0 radical (unpaired) electrons. The minimum absolute atomic E-state index is 0.0249. The SMILES string of the molecule is CCOc1c(Br)cc(/C=C(/C#N)C(=O)Nc2cccc(Br)c2)cc1OC. The lowest BCUT2D eigenvalue weighted by Gasteiger charge is -2.12. The molecule has 2 rings (SSSR count). The Bertz CT molecular complexity index is 889. The molecule has 134 valence electrons. The Labute approximate surface area is 168 Å². The first-order valence-electron chi connectivity index (χ1n) is 7.67. The number of carbonyl (C=O) groups excluding carboxylic acids is 1. The first-order chi connectivity index (χ1) is 12.5. The van der Waals surface area contributed by atoms with Gasteiger partial charge < -0.3 is 14.8 Å². The van der Waals surface area contributed by atoms with Crippen molar-refractivity contribution in [2.24, 2.45) is 0 Å². The predicted molar refractivity (Wildman–Crippen MR) is 108 cm³/mol. The Morgan fingerprint density at radius 2 is 2.08 bits per heavy atom. The van der Waals surface area contributed by atoms with Crippen LogP contribution in [0, 0.1) is 11.3 Å². The molecular formula is C19H16Br2N2O3. The van der Waals surface area contributed by atoms with Crippen LogP contribution in [0.5, 0.6) is 11.5 Å². The van der Waals surface area contributed by atoms with Gasteiger partial charge >= 0.3 is 0 Å². The number of methoxy groups -OCH3 is 1. The van der Waals surface area contributed by atoms with Gasteiger partial charge in [0.1, 0.15) is 11.6 Å². The Hall–Kier alpha value is -2.30. The van der Waals surface area contributed by atoms with Crippen molar-refractivity contribution in [2.45, 2.75) is 6.92 Å². The van der Waals surface area contributed by atoms with Gasteiger partial charge in [-0.2, -0.15) is 5.26 Å². The monoisotopic (exact) mass is 478 g/mol. The molecule has 0 atom stereocenters. The largest absolute Gasteiger partial charge is 0.493 e. The second kappa shape index (κ2) is 9.41. The van der Waals surface area contributed by atoms with E-state index in [1.165, 1.54) is 13.2 Å². The van der Waals surface area contributed by atoms with Crippen LogP contribution in [-0.2, 0) is 4.79 Å². The highest BCUT2D eigenvalue weighted by molar-refractivity contribution is 9.10. The second-order valence-corrected chi connectivity index (χ2v) is 6.87. The maximum absolute atomic E-state index is 12.4. The fourth-order valence-corrected chi connectivity index (χ4v) is 3.16. The molecular weight excluding hydrogens is 464 g/mol. The average Bonchev–Trinajstić information content (AvgIpc) is 2.61. The molecule has 0 aliphatic rings. The summed E-state index contributed by atoms with van der Waals surface area (Å²) in [5.41, 5.74) is 1.21. The lowest BCUT2D eigenvalue weighted by Crippen LogP contribution is -2.13. The number of nitrogens with one attached hydrogen (secondary N) is 1. The van der Waals surface area contributed by atoms with Gasteiger partial charge in [-0.1, -0.05) is 22.0 Å². The van der Waals surface area contributed by atoms with Crippen molar-refractivity contribution in [1.29, 1.82) is 5.26 Å². The third kappa shape index (κ3) is 5.10. The fourth-order valence-electron chi connectivity index (χ4n) is 2.19. The van der Waals surface area contributed by atoms with Crippen molar-refractivity contribution in [3.8, 4) is 17.6 Å². The summed E-state index contributed by atoms with van der Waals surface area (Å²) in [5.74, 6) is 0.594. The summed E-state index contributed by atoms with van der Waals surface area (Å²) >= 11 is 6.77. The van der Waals surface area contributed by atoms with Crippen LogP contribution >= 0.6 is 31.9 Å². The minimum Gasteiger partial charge on any atom is -0.493 e. The molecule has 5 nitrogen and oxygen atoms in total. The van der Waals surface area contributed by atoms with E-state index in [9.17, 15) is 10.1 Å². The Kier molecular flexibility index (Phi) is 7.25. The van der Waals surface area contributed by atoms with Crippen molar-refractivity contribution >= 4 is 49.5 Å². The molecule has 0 aromatic heterocycles. The van der Waals surface area contributed by atoms with Gasteiger partial charge in [0.2, 0.25) is 0 Å². The normalized spacial score (nSPS) is 10.8. The quantitative estimate of drug-likeness (QED) is 0.458. The van der Waals surface area contributed by atoms with Crippen LogP contribution in [0.1, 0.15) is 12.5 Å². The molecule has 0 spiro atoms. The lowest BCUT2D eigenvalue weighted by molar-refractivity contribution is -0.112. The van der Waals surface area contributed by atoms with E-state index in [4.69, 9.17) is 9.47 Å². The zero-order valence-corrected chi connectivity index (χ0v) is 17.3. The summed E-state index contributed by atoms with van der Waals surface area (Å²) in [6, 6.07) is 12.5. The standard InChI is InChI=1S/C19H16Br2N2O3/c1-3-26-18-16(21)8-12(9-17(18)25-2)7-13(11-22)19(24)23-15-6-4-5-14(20)10-15/h4-10H,3H2,1-2H3,(H,23,24)/b13-7-. The van der Waals surface area contributed by atoms with E-state index in [0.717, 1.165) is 4.47 Å². The predicted octanol–water partition coefficient (Wildman–Crippen LogP) is 5.16. The van der Waals surface area contributed by atoms with Crippen molar-refractivity contribution in [3.05, 3.63) is 56.5 Å². The third-order valence-corrected chi connectivity index (χ3v) is 4.38. The number of nitriles is 1. The summed E-state index contributed by atoms with van der Waals surface area (Å²) in [6.45, 7) is 2.36. The summed E-state index contributed by atoms with van der Waals surface area (Å²) in [7, 11) is 1.53. The number of hydrogen-bond acceptors (Lipinski definition) is 4. The van der Waals surface area contributed by atoms with E-state index in [0.29, 0.717) is 33.8 Å². The van der Waals surface area contributed by atoms with Gasteiger partial charge in [-0.25, -0.2) is 0 Å². The number of ether oxygens (including phenoxy) is 2. The third-order valence-electron chi connectivity index (χ3n) is 3.30. The van der Waals surface area contributed by atoms with Crippen molar-refractivity contribution in [2.75, 3.05) is 19.0 Å². The number of carbonyl (C=O) groups is 1. The zero-order valence-electron chi connectivity index (χ0n) is 14.2. The van der Waals surface area contributed by atoms with Crippen molar-refractivity contribution in [1.82, 2.24) is 0 Å². The number of nitrogens with zero attached hydrogens (tertiary/aromatic N) is 1. The number of amides is 1. The highest BCUT2D eigenvalue weighted by Crippen LogP contribution is 2.37. The van der Waals surface area contributed by atoms with Gasteiger partial charge in [0, 0.05) is 10.2 Å². The van der Waals surface area contributed by atoms with Gasteiger partial charge in [-0.15, -0.1) is 0 Å². The van der Waals surface area contributed by atoms with Gasteiger partial charge in [0.05, 0.1) is 18.2 Å². The Morgan fingerprint density at radius 1 is 1.31 bits per heavy atom. The molecule has 0 bridgehead atoms. The molecule has 0 aliphatic heterocycles. The molecule has 0 saturated heterocycles. The van der Waals surface area contributed by atoms with Crippen molar-refractivity contribution in [3.63, 3.8) is 0 Å². The van der Waals surface area contributed by atoms with Crippen LogP contribution in [0.3, 0.4) is 0 Å². The molecule has 2 aromatic rings. The molecule has 1 amide bonds. The number of anilines is 1. The molecule has 0 heterocycles. The number of benzene rings is 2. The minimum atomic E-state index is -0.491. The summed E-state index contributed by atoms with van der Waals surface area (Å²) in [5, 5.41) is 12.1. The molecule has 0 saturated carbocycles. The number of halogens is 2. The number of rotatable bonds is 6. The first-order valence-corrected chi connectivity index (χ1v) is 9.26. The van der Waals surface area contributed by atoms with Crippen molar-refractivity contribution < 1.29 is 14.3 Å². The van der Waals surface area contributed by atoms with Crippen LogP contribution < -0.4 is 14.8 Å². The molecule has 2 aromatic carbocycles. The summed E-state index contributed by atoms with van der Waals surface area (Å²) < 4.78 is 12.4. The van der Waals surface area contributed by atoms with Crippen LogP contribution in [0.4, 0.5) is 5.69 Å². The van der Waals surface area contributed by atoms with E-state index in [-0.39, 0.29) is 5.57 Å². The molecule has 0 fully saturated rings. The highest BCUT2D eigenvalue weighted by Gasteiger charge is 2.14. The van der Waals surface area contributed by atoms with Crippen LogP contribution in [0.2, 0.25) is 0 Å². The fraction of sp³-hybridized carbons (Fsp3) is 0.158. The number of hydrogen-bond donors (Lipinski definition) is 1. The van der Waals surface area contributed by atoms with E-state index >= 15 is 0 Å². The van der Waals surface area contributed by atoms with Gasteiger partial charge in [-0.05, 0) is 64.8 Å². The van der Waals surface area contributed by atoms with E-state index in [1.54, 1.807) is 30.3 Å². The maximum atomic E-state index is 12.4. The first kappa shape index (κ1) is 20.0. The second-order valence-electron chi connectivity index (χ2n) is 5.10. The molecule has 7 heteroatoms. The molecule has 26 heavy (non-hydrogen) atoms. The van der Waals surface area contributed by atoms with Crippen LogP contribution in [-0.4, -0.2) is 19.6 Å². The average molecular weight is 480 g/mol. The van der Waals surface area contributed by atoms with E-state index in [2.05, 4.69) is 37.2 Å². The highest BCUT2D eigenvalue weighted by atomic mass is 79.9. The smallest absolute Gasteiger partial charge is 0.266 e. The van der Waals surface area contributed by atoms with Gasteiger partial charge in [0.25, 0.3) is 5.91 Å².